The Kier molecular flexibility index (Phi) is 2.12. The zero-order valence-corrected chi connectivity index (χ0v) is 9.64. The Hall–Kier alpha value is -0.870. The topological polar surface area (TPSA) is 37.5 Å². The number of aliphatic hydroxyl groups excluding tert-OH is 1. The van der Waals surface area contributed by atoms with E-state index >= 15 is 0 Å². The van der Waals surface area contributed by atoms with Crippen molar-refractivity contribution in [1.82, 2.24) is 9.38 Å². The second-order valence-electron chi connectivity index (χ2n) is 3.62. The summed E-state index contributed by atoms with van der Waals surface area (Å²) >= 11 is 1.67. The lowest BCUT2D eigenvalue weighted by Gasteiger charge is -2.05. The number of aryl methyl sites for hydroxylation is 3. The highest BCUT2D eigenvalue weighted by molar-refractivity contribution is 7.17. The van der Waals surface area contributed by atoms with Gasteiger partial charge >= 0.3 is 0 Å². The maximum atomic E-state index is 9.67. The van der Waals surface area contributed by atoms with Crippen LogP contribution in [0.4, 0.5) is 0 Å². The van der Waals surface area contributed by atoms with Gasteiger partial charge in [-0.2, -0.15) is 0 Å². The van der Waals surface area contributed by atoms with Crippen LogP contribution in [0.5, 0.6) is 0 Å². The monoisotopic (exact) mass is 210 g/mol. The van der Waals surface area contributed by atoms with Gasteiger partial charge in [0.25, 0.3) is 0 Å². The fourth-order valence-electron chi connectivity index (χ4n) is 1.77. The lowest BCUT2D eigenvalue weighted by molar-refractivity contribution is 0.192. The highest BCUT2D eigenvalue weighted by Gasteiger charge is 2.17. The molecule has 0 amide bonds. The van der Waals surface area contributed by atoms with E-state index in [1.54, 1.807) is 18.3 Å². The molecule has 2 rings (SSSR count). The van der Waals surface area contributed by atoms with Gasteiger partial charge in [0, 0.05) is 10.6 Å². The van der Waals surface area contributed by atoms with Gasteiger partial charge in [-0.3, -0.25) is 4.40 Å². The molecule has 0 aliphatic rings. The second-order valence-corrected chi connectivity index (χ2v) is 4.80. The predicted molar refractivity (Wildman–Crippen MR) is 57.9 cm³/mol. The van der Waals surface area contributed by atoms with Crippen molar-refractivity contribution in [3.05, 3.63) is 22.0 Å². The van der Waals surface area contributed by atoms with Crippen LogP contribution in [0, 0.1) is 20.8 Å². The Morgan fingerprint density at radius 1 is 1.36 bits per heavy atom. The third kappa shape index (κ3) is 1.18. The molecule has 3 nitrogen and oxygen atoms in total. The normalized spacial score (nSPS) is 13.8. The first kappa shape index (κ1) is 9.68. The molecule has 1 N–H and O–H groups in total. The number of aliphatic hydroxyl groups is 1. The lowest BCUT2D eigenvalue weighted by Crippen LogP contribution is -2.00. The first-order valence-electron chi connectivity index (χ1n) is 4.65. The minimum atomic E-state index is -0.460. The van der Waals surface area contributed by atoms with Gasteiger partial charge in [0.15, 0.2) is 4.96 Å². The molecular formula is C10H14N2OS. The molecule has 4 heteroatoms. The molecule has 76 valence electrons. The Morgan fingerprint density at radius 3 is 2.57 bits per heavy atom. The molecule has 0 saturated carbocycles. The van der Waals surface area contributed by atoms with E-state index in [1.807, 2.05) is 6.92 Å². The maximum Gasteiger partial charge on any atom is 0.194 e. The summed E-state index contributed by atoms with van der Waals surface area (Å²) in [7, 11) is 0. The largest absolute Gasteiger partial charge is 0.387 e. The Morgan fingerprint density at radius 2 is 2.00 bits per heavy atom. The standard InChI is InChI=1S/C10H14N2OS/c1-5-9(7(3)13)12-6(2)8(4)14-10(12)11-5/h7,13H,1-4H3. The molecule has 2 aromatic rings. The molecule has 1 atom stereocenters. The molecule has 0 bridgehead atoms. The fraction of sp³-hybridized carbons (Fsp3) is 0.500. The molecule has 0 fully saturated rings. The van der Waals surface area contributed by atoms with Crippen LogP contribution >= 0.6 is 11.3 Å². The molecule has 0 spiro atoms. The molecule has 14 heavy (non-hydrogen) atoms. The number of imidazole rings is 1. The van der Waals surface area contributed by atoms with E-state index in [2.05, 4.69) is 23.2 Å². The van der Waals surface area contributed by atoms with Crippen LogP contribution in [0.25, 0.3) is 4.96 Å². The van der Waals surface area contributed by atoms with Crippen molar-refractivity contribution in [2.45, 2.75) is 33.8 Å². The van der Waals surface area contributed by atoms with Gasteiger partial charge in [0.05, 0.1) is 17.5 Å². The quantitative estimate of drug-likeness (QED) is 0.784. The van der Waals surface area contributed by atoms with Crippen molar-refractivity contribution in [2.24, 2.45) is 0 Å². The van der Waals surface area contributed by atoms with Gasteiger partial charge in [-0.25, -0.2) is 4.98 Å². The summed E-state index contributed by atoms with van der Waals surface area (Å²) in [5.74, 6) is 0. The van der Waals surface area contributed by atoms with Gasteiger partial charge in [-0.15, -0.1) is 11.3 Å². The van der Waals surface area contributed by atoms with Crippen LogP contribution in [0.3, 0.4) is 0 Å². The van der Waals surface area contributed by atoms with Crippen LogP contribution in [0.1, 0.15) is 35.0 Å². The number of thiazole rings is 1. The van der Waals surface area contributed by atoms with Gasteiger partial charge in [0.1, 0.15) is 0 Å². The molecule has 0 aliphatic heterocycles. The summed E-state index contributed by atoms with van der Waals surface area (Å²) in [6.45, 7) is 7.86. The SMILES string of the molecule is Cc1nc2sc(C)c(C)n2c1C(C)O. The summed E-state index contributed by atoms with van der Waals surface area (Å²) < 4.78 is 2.06. The number of hydrogen-bond acceptors (Lipinski definition) is 3. The van der Waals surface area contributed by atoms with Gasteiger partial charge in [0.2, 0.25) is 0 Å². The highest BCUT2D eigenvalue weighted by Crippen LogP contribution is 2.27. The number of nitrogens with zero attached hydrogens (tertiary/aromatic N) is 2. The van der Waals surface area contributed by atoms with Crippen molar-refractivity contribution in [2.75, 3.05) is 0 Å². The Labute approximate surface area is 87.0 Å². The van der Waals surface area contributed by atoms with Crippen LogP contribution in [0.15, 0.2) is 0 Å². The van der Waals surface area contributed by atoms with Crippen molar-refractivity contribution in [3.8, 4) is 0 Å². The van der Waals surface area contributed by atoms with Crippen molar-refractivity contribution >= 4 is 16.3 Å². The number of fused-ring (bicyclic) bond motifs is 1. The van der Waals surface area contributed by atoms with Crippen molar-refractivity contribution in [3.63, 3.8) is 0 Å². The van der Waals surface area contributed by atoms with Crippen LogP contribution in [0.2, 0.25) is 0 Å². The Balaban J connectivity index is 2.84. The van der Waals surface area contributed by atoms with Gasteiger partial charge in [-0.05, 0) is 27.7 Å². The number of hydrogen-bond donors (Lipinski definition) is 1. The van der Waals surface area contributed by atoms with Crippen molar-refractivity contribution < 1.29 is 5.11 Å². The summed E-state index contributed by atoms with van der Waals surface area (Å²) in [5, 5.41) is 9.67. The lowest BCUT2D eigenvalue weighted by atomic mass is 10.2. The third-order valence-electron chi connectivity index (χ3n) is 2.55. The van der Waals surface area contributed by atoms with Crippen LogP contribution < -0.4 is 0 Å². The van der Waals surface area contributed by atoms with Gasteiger partial charge < -0.3 is 5.11 Å². The molecule has 0 aromatic carbocycles. The summed E-state index contributed by atoms with van der Waals surface area (Å²) in [5.41, 5.74) is 3.03. The van der Waals surface area contributed by atoms with E-state index in [-0.39, 0.29) is 0 Å². The third-order valence-corrected chi connectivity index (χ3v) is 3.61. The average Bonchev–Trinajstić information content (AvgIpc) is 2.51. The molecule has 2 heterocycles. The summed E-state index contributed by atoms with van der Waals surface area (Å²) in [6, 6.07) is 0. The highest BCUT2D eigenvalue weighted by atomic mass is 32.1. The van der Waals surface area contributed by atoms with E-state index in [1.165, 1.54) is 10.6 Å². The summed E-state index contributed by atoms with van der Waals surface area (Å²) in [4.78, 5) is 6.68. The van der Waals surface area contributed by atoms with E-state index < -0.39 is 6.10 Å². The zero-order chi connectivity index (χ0) is 10.5. The fourth-order valence-corrected chi connectivity index (χ4v) is 2.79. The second kappa shape index (κ2) is 3.07. The van der Waals surface area contributed by atoms with Crippen molar-refractivity contribution in [1.29, 1.82) is 0 Å². The molecular weight excluding hydrogens is 196 g/mol. The average molecular weight is 210 g/mol. The number of rotatable bonds is 1. The molecule has 2 aromatic heterocycles. The number of aromatic nitrogens is 2. The van der Waals surface area contributed by atoms with Crippen LogP contribution in [-0.4, -0.2) is 14.5 Å². The van der Waals surface area contributed by atoms with E-state index in [9.17, 15) is 5.11 Å². The molecule has 0 saturated heterocycles. The smallest absolute Gasteiger partial charge is 0.194 e. The van der Waals surface area contributed by atoms with E-state index in [0.717, 1.165) is 16.3 Å². The van der Waals surface area contributed by atoms with E-state index in [4.69, 9.17) is 0 Å². The molecule has 0 aliphatic carbocycles. The first-order valence-corrected chi connectivity index (χ1v) is 5.47. The minimum Gasteiger partial charge on any atom is -0.387 e. The molecule has 1 unspecified atom stereocenters. The van der Waals surface area contributed by atoms with Gasteiger partial charge in [-0.1, -0.05) is 0 Å². The maximum absolute atomic E-state index is 9.67. The zero-order valence-electron chi connectivity index (χ0n) is 8.83. The first-order chi connectivity index (χ1) is 6.52. The van der Waals surface area contributed by atoms with E-state index in [0.29, 0.717) is 0 Å². The predicted octanol–water partition coefficient (Wildman–Crippen LogP) is 2.37. The Bertz CT molecular complexity index is 482. The minimum absolute atomic E-state index is 0.460. The van der Waals surface area contributed by atoms with Crippen LogP contribution in [-0.2, 0) is 0 Å². The summed E-state index contributed by atoms with van der Waals surface area (Å²) in [6.07, 6.45) is -0.460. The molecule has 0 radical (unpaired) electrons.